The van der Waals surface area contributed by atoms with Crippen molar-refractivity contribution in [2.75, 3.05) is 32.8 Å². The molecule has 3 rings (SSSR count). The van der Waals surface area contributed by atoms with E-state index in [0.717, 1.165) is 62.0 Å². The first-order valence-electron chi connectivity index (χ1n) is 9.61. The van der Waals surface area contributed by atoms with Gasteiger partial charge >= 0.3 is 0 Å². The predicted octanol–water partition coefficient (Wildman–Crippen LogP) is 3.33. The molecule has 2 N–H and O–H groups in total. The molecule has 0 spiro atoms. The smallest absolute Gasteiger partial charge is 0.228 e. The number of nitrogens with two attached hydrogens (primary N) is 1. The highest BCUT2D eigenvalue weighted by Crippen LogP contribution is 2.39. The minimum absolute atomic E-state index is 0.212. The summed E-state index contributed by atoms with van der Waals surface area (Å²) in [5, 5.41) is 2.29. The van der Waals surface area contributed by atoms with Gasteiger partial charge in [0.05, 0.1) is 18.6 Å². The fraction of sp³-hybridized carbons (Fsp3) is 0.500. The van der Waals surface area contributed by atoms with Crippen molar-refractivity contribution in [1.29, 1.82) is 0 Å². The number of carbonyl (C=O) groups is 1. The summed E-state index contributed by atoms with van der Waals surface area (Å²) in [6.07, 6.45) is 1.51. The number of fused-ring (bicyclic) bond motifs is 1. The zero-order valence-electron chi connectivity index (χ0n) is 15.9. The van der Waals surface area contributed by atoms with Crippen LogP contribution in [0, 0.1) is 5.92 Å². The summed E-state index contributed by atoms with van der Waals surface area (Å²) in [4.78, 5) is 15.2. The van der Waals surface area contributed by atoms with Gasteiger partial charge < -0.3 is 10.5 Å². The molecule has 0 aliphatic carbocycles. The number of primary amides is 1. The van der Waals surface area contributed by atoms with Gasteiger partial charge in [0.2, 0.25) is 5.91 Å². The van der Waals surface area contributed by atoms with E-state index in [1.165, 1.54) is 0 Å². The molecule has 0 bridgehead atoms. The van der Waals surface area contributed by atoms with Crippen molar-refractivity contribution < 1.29 is 9.53 Å². The molecular formula is C22H30N2O2. The number of hydrogen-bond donors (Lipinski definition) is 1. The van der Waals surface area contributed by atoms with Crippen LogP contribution in [-0.4, -0.2) is 43.7 Å². The average Bonchev–Trinajstić information content (AvgIpc) is 2.65. The van der Waals surface area contributed by atoms with Crippen LogP contribution < -0.4 is 5.73 Å². The van der Waals surface area contributed by atoms with Gasteiger partial charge in [-0.2, -0.15) is 0 Å². The number of hydrogen-bond acceptors (Lipinski definition) is 3. The second-order valence-electron chi connectivity index (χ2n) is 7.78. The maximum atomic E-state index is 12.9. The van der Waals surface area contributed by atoms with E-state index in [2.05, 4.69) is 43.0 Å². The quantitative estimate of drug-likeness (QED) is 0.830. The lowest BCUT2D eigenvalue weighted by molar-refractivity contribution is -0.124. The van der Waals surface area contributed by atoms with Gasteiger partial charge in [0.25, 0.3) is 0 Å². The van der Waals surface area contributed by atoms with Gasteiger partial charge in [0, 0.05) is 13.1 Å². The molecule has 2 aromatic carbocycles. The third-order valence-corrected chi connectivity index (χ3v) is 5.49. The van der Waals surface area contributed by atoms with Gasteiger partial charge in [-0.3, -0.25) is 9.69 Å². The Morgan fingerprint density at radius 1 is 1.15 bits per heavy atom. The van der Waals surface area contributed by atoms with E-state index in [4.69, 9.17) is 10.5 Å². The van der Waals surface area contributed by atoms with E-state index >= 15 is 0 Å². The number of nitrogens with zero attached hydrogens (tertiary/aromatic N) is 1. The first-order valence-corrected chi connectivity index (χ1v) is 9.61. The largest absolute Gasteiger partial charge is 0.379 e. The Morgan fingerprint density at radius 3 is 2.54 bits per heavy atom. The van der Waals surface area contributed by atoms with Crippen molar-refractivity contribution in [2.24, 2.45) is 11.7 Å². The summed E-state index contributed by atoms with van der Waals surface area (Å²) in [5.74, 6) is 0.168. The summed E-state index contributed by atoms with van der Waals surface area (Å²) in [6.45, 7) is 8.57. The highest BCUT2D eigenvalue weighted by atomic mass is 16.5. The number of rotatable bonds is 7. The van der Waals surface area contributed by atoms with Crippen LogP contribution in [0.1, 0.15) is 32.3 Å². The Labute approximate surface area is 156 Å². The molecule has 1 amide bonds. The molecule has 1 aliphatic rings. The van der Waals surface area contributed by atoms with Gasteiger partial charge in [0.15, 0.2) is 0 Å². The zero-order chi connectivity index (χ0) is 18.6. The third kappa shape index (κ3) is 3.92. The molecule has 1 atom stereocenters. The third-order valence-electron chi connectivity index (χ3n) is 5.49. The Hall–Kier alpha value is -1.91. The van der Waals surface area contributed by atoms with Crippen LogP contribution in [-0.2, 0) is 14.9 Å². The van der Waals surface area contributed by atoms with Crippen LogP contribution in [0.5, 0.6) is 0 Å². The van der Waals surface area contributed by atoms with Crippen LogP contribution in [0.25, 0.3) is 10.8 Å². The molecule has 1 fully saturated rings. The summed E-state index contributed by atoms with van der Waals surface area (Å²) in [5.41, 5.74) is 6.51. The van der Waals surface area contributed by atoms with Crippen LogP contribution in [0.3, 0.4) is 0 Å². The summed E-state index contributed by atoms with van der Waals surface area (Å²) < 4.78 is 5.45. The van der Waals surface area contributed by atoms with Crippen molar-refractivity contribution >= 4 is 16.7 Å². The molecule has 2 aromatic rings. The van der Waals surface area contributed by atoms with Gasteiger partial charge in [-0.25, -0.2) is 0 Å². The van der Waals surface area contributed by atoms with Crippen molar-refractivity contribution in [3.05, 3.63) is 48.0 Å². The van der Waals surface area contributed by atoms with Gasteiger partial charge in [-0.05, 0) is 41.6 Å². The predicted molar refractivity (Wildman–Crippen MR) is 106 cm³/mol. The molecular weight excluding hydrogens is 324 g/mol. The molecule has 1 heterocycles. The molecule has 4 nitrogen and oxygen atoms in total. The first-order chi connectivity index (χ1) is 12.5. The number of morpholine rings is 1. The maximum Gasteiger partial charge on any atom is 0.228 e. The van der Waals surface area contributed by atoms with Gasteiger partial charge in [0.1, 0.15) is 0 Å². The molecule has 140 valence electrons. The van der Waals surface area contributed by atoms with Crippen LogP contribution in [0.15, 0.2) is 42.5 Å². The average molecular weight is 354 g/mol. The number of carbonyl (C=O) groups excluding carboxylic acids is 1. The minimum Gasteiger partial charge on any atom is -0.379 e. The lowest BCUT2D eigenvalue weighted by Gasteiger charge is -2.36. The second kappa shape index (κ2) is 8.19. The fourth-order valence-corrected chi connectivity index (χ4v) is 4.22. The van der Waals surface area contributed by atoms with E-state index in [0.29, 0.717) is 5.92 Å². The van der Waals surface area contributed by atoms with E-state index in [1.807, 2.05) is 18.2 Å². The molecule has 0 aromatic heterocycles. The summed E-state index contributed by atoms with van der Waals surface area (Å²) >= 11 is 0. The molecule has 1 saturated heterocycles. The zero-order valence-corrected chi connectivity index (χ0v) is 15.9. The molecule has 1 unspecified atom stereocenters. The Kier molecular flexibility index (Phi) is 5.94. The summed E-state index contributed by atoms with van der Waals surface area (Å²) in [7, 11) is 0. The molecule has 0 saturated carbocycles. The lowest BCUT2D eigenvalue weighted by atomic mass is 9.70. The Balaban J connectivity index is 2.01. The maximum absolute atomic E-state index is 12.9. The standard InChI is InChI=1S/C22H30N2O2/c1-17(2)16-22(21(23)25,10-11-24-12-14-26-15-13-24)20-9-5-7-18-6-3-4-8-19(18)20/h3-9,17H,10-16H2,1-2H3,(H2,23,25). The van der Waals surface area contributed by atoms with Gasteiger partial charge in [-0.1, -0.05) is 56.3 Å². The molecule has 1 aliphatic heterocycles. The lowest BCUT2D eigenvalue weighted by Crippen LogP contribution is -2.46. The van der Waals surface area contributed by atoms with Crippen molar-refractivity contribution in [2.45, 2.75) is 32.1 Å². The SMILES string of the molecule is CC(C)CC(CCN1CCOCC1)(C(N)=O)c1cccc2ccccc12. The normalized spacial score (nSPS) is 18.1. The number of ether oxygens (including phenoxy) is 1. The summed E-state index contributed by atoms with van der Waals surface area (Å²) in [6, 6.07) is 14.5. The Bertz CT molecular complexity index is 747. The van der Waals surface area contributed by atoms with E-state index in [-0.39, 0.29) is 5.91 Å². The van der Waals surface area contributed by atoms with E-state index in [9.17, 15) is 4.79 Å². The topological polar surface area (TPSA) is 55.6 Å². The molecule has 0 radical (unpaired) electrons. The van der Waals surface area contributed by atoms with Crippen molar-refractivity contribution in [1.82, 2.24) is 4.90 Å². The first kappa shape index (κ1) is 18.9. The van der Waals surface area contributed by atoms with Crippen molar-refractivity contribution in [3.63, 3.8) is 0 Å². The van der Waals surface area contributed by atoms with Crippen LogP contribution >= 0.6 is 0 Å². The highest BCUT2D eigenvalue weighted by molar-refractivity contribution is 5.95. The molecule has 26 heavy (non-hydrogen) atoms. The number of amides is 1. The monoisotopic (exact) mass is 354 g/mol. The number of benzene rings is 2. The minimum atomic E-state index is -0.646. The van der Waals surface area contributed by atoms with E-state index in [1.54, 1.807) is 0 Å². The van der Waals surface area contributed by atoms with Crippen molar-refractivity contribution in [3.8, 4) is 0 Å². The van der Waals surface area contributed by atoms with Gasteiger partial charge in [-0.15, -0.1) is 0 Å². The second-order valence-corrected chi connectivity index (χ2v) is 7.78. The van der Waals surface area contributed by atoms with Crippen LogP contribution in [0.2, 0.25) is 0 Å². The van der Waals surface area contributed by atoms with E-state index < -0.39 is 5.41 Å². The highest BCUT2D eigenvalue weighted by Gasteiger charge is 2.40. The molecule has 4 heteroatoms. The fourth-order valence-electron chi connectivity index (χ4n) is 4.22. The Morgan fingerprint density at radius 2 is 1.85 bits per heavy atom. The van der Waals surface area contributed by atoms with Crippen LogP contribution in [0.4, 0.5) is 0 Å².